The van der Waals surface area contributed by atoms with Crippen molar-refractivity contribution in [2.24, 2.45) is 0 Å². The van der Waals surface area contributed by atoms with Gasteiger partial charge in [-0.2, -0.15) is 0 Å². The van der Waals surface area contributed by atoms with Crippen LogP contribution in [0.4, 0.5) is 0 Å². The lowest BCUT2D eigenvalue weighted by molar-refractivity contribution is -0.126. The molecule has 0 fully saturated rings. The average molecular weight is 259 g/mol. The molecule has 0 aliphatic rings. The van der Waals surface area contributed by atoms with Gasteiger partial charge in [-0.05, 0) is 17.7 Å². The number of hydrazine groups is 1. The van der Waals surface area contributed by atoms with Gasteiger partial charge in [0.1, 0.15) is 12.4 Å². The summed E-state index contributed by atoms with van der Waals surface area (Å²) in [6, 6.07) is 5.29. The normalized spacial score (nSPS) is 10.1. The molecule has 1 amide bonds. The van der Waals surface area contributed by atoms with Crippen molar-refractivity contribution >= 4 is 17.5 Å². The van der Waals surface area contributed by atoms with E-state index in [-0.39, 0.29) is 19.1 Å². The summed E-state index contributed by atoms with van der Waals surface area (Å²) in [5.41, 5.74) is 5.73. The molecule has 0 aliphatic carbocycles. The second-order valence-electron chi connectivity index (χ2n) is 3.25. The highest BCUT2D eigenvalue weighted by Gasteiger charge is 2.04. The minimum absolute atomic E-state index is 0.0246. The molecule has 5 nitrogen and oxygen atoms in total. The maximum absolute atomic E-state index is 11.1. The Balaban J connectivity index is 2.44. The Hall–Kier alpha value is -1.30. The Bertz CT molecular complexity index is 385. The molecule has 6 heteroatoms. The molecule has 0 bridgehead atoms. The molecule has 2 N–H and O–H groups in total. The lowest BCUT2D eigenvalue weighted by atomic mass is 10.2. The molecule has 0 radical (unpaired) electrons. The molecule has 1 rings (SSSR count). The first-order valence-electron chi connectivity index (χ1n) is 5.03. The summed E-state index contributed by atoms with van der Waals surface area (Å²) in [5, 5.41) is 0.554. The van der Waals surface area contributed by atoms with E-state index in [1.165, 1.54) is 0 Å². The van der Waals surface area contributed by atoms with E-state index in [0.717, 1.165) is 5.56 Å². The van der Waals surface area contributed by atoms with Crippen LogP contribution in [0, 0.1) is 0 Å². The predicted octanol–water partition coefficient (Wildman–Crippen LogP) is 1.12. The van der Waals surface area contributed by atoms with E-state index in [1.807, 2.05) is 0 Å². The Kier molecular flexibility index (Phi) is 5.76. The Morgan fingerprint density at radius 3 is 2.82 bits per heavy atom. The first-order chi connectivity index (χ1) is 8.17. The van der Waals surface area contributed by atoms with Crippen LogP contribution in [0.3, 0.4) is 0 Å². The van der Waals surface area contributed by atoms with Gasteiger partial charge in [-0.1, -0.05) is 17.7 Å². The third-order valence-electron chi connectivity index (χ3n) is 2.02. The molecule has 0 aromatic heterocycles. The molecular weight excluding hydrogens is 244 g/mol. The number of nitrogens with one attached hydrogen (secondary N) is 2. The summed E-state index contributed by atoms with van der Waals surface area (Å²) in [4.78, 5) is 11.1. The van der Waals surface area contributed by atoms with Gasteiger partial charge < -0.3 is 9.47 Å². The van der Waals surface area contributed by atoms with Gasteiger partial charge in [-0.25, -0.2) is 5.43 Å². The van der Waals surface area contributed by atoms with Crippen LogP contribution >= 0.6 is 11.6 Å². The summed E-state index contributed by atoms with van der Waals surface area (Å²) in [6.07, 6.45) is 0. The molecule has 94 valence electrons. The Morgan fingerprint density at radius 2 is 2.24 bits per heavy atom. The number of amides is 1. The van der Waals surface area contributed by atoms with Gasteiger partial charge in [0.25, 0.3) is 5.91 Å². The van der Waals surface area contributed by atoms with E-state index in [4.69, 9.17) is 21.1 Å². The molecule has 0 atom stereocenters. The van der Waals surface area contributed by atoms with Gasteiger partial charge in [0.2, 0.25) is 0 Å². The lowest BCUT2D eigenvalue weighted by Crippen LogP contribution is -2.36. The number of rotatable bonds is 6. The molecule has 1 aromatic carbocycles. The van der Waals surface area contributed by atoms with Crippen LogP contribution in [0.1, 0.15) is 5.56 Å². The molecule has 0 unspecified atom stereocenters. The summed E-state index contributed by atoms with van der Waals surface area (Å²) >= 11 is 6.01. The van der Waals surface area contributed by atoms with Crippen LogP contribution in [-0.2, 0) is 16.1 Å². The highest BCUT2D eigenvalue weighted by Crippen LogP contribution is 2.22. The average Bonchev–Trinajstić information content (AvgIpc) is 2.31. The zero-order valence-electron chi connectivity index (χ0n) is 9.75. The molecular formula is C11H15ClN2O3. The Morgan fingerprint density at radius 1 is 1.47 bits per heavy atom. The lowest BCUT2D eigenvalue weighted by Gasteiger charge is -2.08. The van der Waals surface area contributed by atoms with Gasteiger partial charge in [0.15, 0.2) is 0 Å². The van der Waals surface area contributed by atoms with Crippen molar-refractivity contribution in [2.45, 2.75) is 6.61 Å². The monoisotopic (exact) mass is 258 g/mol. The number of carbonyl (C=O) groups excluding carboxylic acids is 1. The standard InChI is InChI=1S/C11H15ClN2O3/c1-13-14-11(15)7-17-6-8-3-4-9(16-2)5-10(8)12/h3-5,13H,6-7H2,1-2H3,(H,14,15). The van der Waals surface area contributed by atoms with E-state index in [9.17, 15) is 4.79 Å². The first kappa shape index (κ1) is 13.8. The van der Waals surface area contributed by atoms with Gasteiger partial charge in [0.05, 0.1) is 13.7 Å². The molecule has 0 heterocycles. The Labute approximate surface area is 105 Å². The van der Waals surface area contributed by atoms with Crippen LogP contribution in [0.15, 0.2) is 18.2 Å². The van der Waals surface area contributed by atoms with Crippen LogP contribution in [-0.4, -0.2) is 26.7 Å². The largest absolute Gasteiger partial charge is 0.497 e. The first-order valence-corrected chi connectivity index (χ1v) is 5.41. The van der Waals surface area contributed by atoms with Gasteiger partial charge in [0, 0.05) is 12.1 Å². The van der Waals surface area contributed by atoms with Gasteiger partial charge in [-0.15, -0.1) is 0 Å². The van der Waals surface area contributed by atoms with Crippen molar-refractivity contribution in [2.75, 3.05) is 20.8 Å². The van der Waals surface area contributed by atoms with Crippen molar-refractivity contribution in [3.05, 3.63) is 28.8 Å². The second kappa shape index (κ2) is 7.11. The number of ether oxygens (including phenoxy) is 2. The molecule has 0 saturated carbocycles. The van der Waals surface area contributed by atoms with Crippen LogP contribution in [0.2, 0.25) is 5.02 Å². The third kappa shape index (κ3) is 4.60. The molecule has 17 heavy (non-hydrogen) atoms. The van der Waals surface area contributed by atoms with Crippen molar-refractivity contribution in [3.63, 3.8) is 0 Å². The fourth-order valence-electron chi connectivity index (χ4n) is 1.20. The van der Waals surface area contributed by atoms with Crippen molar-refractivity contribution in [1.82, 2.24) is 10.9 Å². The highest BCUT2D eigenvalue weighted by molar-refractivity contribution is 6.31. The molecule has 1 aromatic rings. The van der Waals surface area contributed by atoms with Crippen LogP contribution in [0.25, 0.3) is 0 Å². The number of carbonyl (C=O) groups is 1. The van der Waals surface area contributed by atoms with E-state index in [2.05, 4.69) is 10.9 Å². The fourth-order valence-corrected chi connectivity index (χ4v) is 1.43. The fraction of sp³-hybridized carbons (Fsp3) is 0.364. The quantitative estimate of drug-likeness (QED) is 0.751. The van der Waals surface area contributed by atoms with Crippen LogP contribution in [0.5, 0.6) is 5.75 Å². The van der Waals surface area contributed by atoms with Crippen molar-refractivity contribution in [3.8, 4) is 5.75 Å². The number of hydrogen-bond donors (Lipinski definition) is 2. The third-order valence-corrected chi connectivity index (χ3v) is 2.37. The minimum atomic E-state index is -0.239. The topological polar surface area (TPSA) is 59.6 Å². The van der Waals surface area contributed by atoms with E-state index in [0.29, 0.717) is 10.8 Å². The summed E-state index contributed by atoms with van der Waals surface area (Å²) in [7, 11) is 3.18. The van der Waals surface area contributed by atoms with E-state index >= 15 is 0 Å². The highest BCUT2D eigenvalue weighted by atomic mass is 35.5. The summed E-state index contributed by atoms with van der Waals surface area (Å²) in [6.45, 7) is 0.253. The summed E-state index contributed by atoms with van der Waals surface area (Å²) in [5.74, 6) is 0.448. The number of hydrogen-bond acceptors (Lipinski definition) is 4. The SMILES string of the molecule is CNNC(=O)COCc1ccc(OC)cc1Cl. The summed E-state index contributed by atoms with van der Waals surface area (Å²) < 4.78 is 10.2. The van der Waals surface area contributed by atoms with Crippen molar-refractivity contribution in [1.29, 1.82) is 0 Å². The van der Waals surface area contributed by atoms with Crippen molar-refractivity contribution < 1.29 is 14.3 Å². The maximum atomic E-state index is 11.1. The van der Waals surface area contributed by atoms with Gasteiger partial charge in [-0.3, -0.25) is 10.2 Å². The van der Waals surface area contributed by atoms with E-state index in [1.54, 1.807) is 32.4 Å². The number of benzene rings is 1. The zero-order chi connectivity index (χ0) is 12.7. The number of methoxy groups -OCH3 is 1. The minimum Gasteiger partial charge on any atom is -0.497 e. The molecule has 0 saturated heterocycles. The van der Waals surface area contributed by atoms with E-state index < -0.39 is 0 Å². The second-order valence-corrected chi connectivity index (χ2v) is 3.66. The number of halogens is 1. The smallest absolute Gasteiger partial charge is 0.260 e. The van der Waals surface area contributed by atoms with Gasteiger partial charge >= 0.3 is 0 Å². The molecule has 0 spiro atoms. The van der Waals surface area contributed by atoms with Crippen LogP contribution < -0.4 is 15.6 Å². The maximum Gasteiger partial charge on any atom is 0.260 e. The zero-order valence-corrected chi connectivity index (χ0v) is 10.5. The predicted molar refractivity (Wildman–Crippen MR) is 64.9 cm³/mol. The molecule has 0 aliphatic heterocycles.